The van der Waals surface area contributed by atoms with Gasteiger partial charge < -0.3 is 0 Å². The Bertz CT molecular complexity index is 1150. The summed E-state index contributed by atoms with van der Waals surface area (Å²) in [5, 5.41) is 1.07. The van der Waals surface area contributed by atoms with Crippen molar-refractivity contribution in [3.05, 3.63) is 87.9 Å². The fourth-order valence-electron chi connectivity index (χ4n) is 2.73. The van der Waals surface area contributed by atoms with Gasteiger partial charge in [-0.25, -0.2) is 9.37 Å². The Morgan fingerprint density at radius 2 is 1.86 bits per heavy atom. The third kappa shape index (κ3) is 3.85. The average Bonchev–Trinajstić information content (AvgIpc) is 3.11. The number of benzene rings is 2. The van der Waals surface area contributed by atoms with Crippen LogP contribution in [0.1, 0.15) is 16.1 Å². The zero-order chi connectivity index (χ0) is 19.7. The second-order valence-corrected chi connectivity index (χ2v) is 7.84. The minimum absolute atomic E-state index is 0.172. The summed E-state index contributed by atoms with van der Waals surface area (Å²) in [6.07, 6.45) is 1.65. The van der Waals surface area contributed by atoms with Crippen molar-refractivity contribution >= 4 is 55.8 Å². The Kier molecular flexibility index (Phi) is 5.26. The molecule has 28 heavy (non-hydrogen) atoms. The maximum atomic E-state index is 14.1. The Morgan fingerprint density at radius 1 is 1.07 bits per heavy atom. The lowest BCUT2D eigenvalue weighted by atomic mass is 10.2. The molecule has 0 radical (unpaired) electrons. The van der Waals surface area contributed by atoms with Crippen LogP contribution in [0.15, 0.2) is 60.8 Å². The van der Waals surface area contributed by atoms with E-state index in [2.05, 4.69) is 9.97 Å². The van der Waals surface area contributed by atoms with Gasteiger partial charge >= 0.3 is 0 Å². The molecule has 0 aliphatic rings. The minimum Gasteiger partial charge on any atom is -0.278 e. The van der Waals surface area contributed by atoms with E-state index in [1.54, 1.807) is 36.5 Å². The molecule has 2 aromatic heterocycles. The summed E-state index contributed by atoms with van der Waals surface area (Å²) in [4.78, 5) is 23.4. The highest BCUT2D eigenvalue weighted by Gasteiger charge is 2.23. The molecular weight excluding hydrogens is 420 g/mol. The highest BCUT2D eigenvalue weighted by atomic mass is 35.5. The Morgan fingerprint density at radius 3 is 2.54 bits per heavy atom. The van der Waals surface area contributed by atoms with E-state index in [-0.39, 0.29) is 18.0 Å². The Labute approximate surface area is 174 Å². The van der Waals surface area contributed by atoms with Gasteiger partial charge in [0.05, 0.1) is 16.9 Å². The van der Waals surface area contributed by atoms with E-state index in [0.29, 0.717) is 31.1 Å². The van der Waals surface area contributed by atoms with E-state index in [0.717, 1.165) is 0 Å². The number of thiazole rings is 1. The van der Waals surface area contributed by atoms with Crippen LogP contribution in [0.5, 0.6) is 0 Å². The largest absolute Gasteiger partial charge is 0.278 e. The summed E-state index contributed by atoms with van der Waals surface area (Å²) >= 11 is 13.4. The molecule has 2 aromatic carbocycles. The number of aromatic nitrogens is 2. The molecule has 0 N–H and O–H groups in total. The number of fused-ring (bicyclic) bond motifs is 1. The van der Waals surface area contributed by atoms with Gasteiger partial charge in [0, 0.05) is 21.8 Å². The fraction of sp³-hybridized carbons (Fsp3) is 0.0500. The molecule has 1 amide bonds. The van der Waals surface area contributed by atoms with Crippen LogP contribution in [0.2, 0.25) is 10.0 Å². The monoisotopic (exact) mass is 431 g/mol. The lowest BCUT2D eigenvalue weighted by Crippen LogP contribution is -2.30. The first kappa shape index (κ1) is 18.8. The summed E-state index contributed by atoms with van der Waals surface area (Å²) in [6, 6.07) is 14.8. The lowest BCUT2D eigenvalue weighted by Gasteiger charge is -2.20. The molecule has 0 spiro atoms. The maximum Gasteiger partial charge on any atom is 0.260 e. The normalized spacial score (nSPS) is 11.0. The van der Waals surface area contributed by atoms with Crippen LogP contribution < -0.4 is 4.90 Å². The number of carbonyl (C=O) groups is 1. The zero-order valence-corrected chi connectivity index (χ0v) is 16.6. The van der Waals surface area contributed by atoms with Crippen molar-refractivity contribution in [1.29, 1.82) is 0 Å². The second-order valence-electron chi connectivity index (χ2n) is 5.95. The number of carbonyl (C=O) groups excluding carboxylic acids is 1. The average molecular weight is 432 g/mol. The predicted molar refractivity (Wildman–Crippen MR) is 111 cm³/mol. The number of hydrogen-bond donors (Lipinski definition) is 0. The number of para-hydroxylation sites is 1. The first-order chi connectivity index (χ1) is 13.5. The topological polar surface area (TPSA) is 46.1 Å². The Hall–Kier alpha value is -2.54. The lowest BCUT2D eigenvalue weighted by molar-refractivity contribution is 0.0985. The number of rotatable bonds is 4. The first-order valence-corrected chi connectivity index (χ1v) is 9.81. The zero-order valence-electron chi connectivity index (χ0n) is 14.3. The summed E-state index contributed by atoms with van der Waals surface area (Å²) in [5.41, 5.74) is 1.21. The molecule has 0 aliphatic carbocycles. The van der Waals surface area contributed by atoms with Gasteiger partial charge in [0.25, 0.3) is 5.91 Å². The van der Waals surface area contributed by atoms with Crippen molar-refractivity contribution in [2.24, 2.45) is 0 Å². The molecule has 0 saturated carbocycles. The van der Waals surface area contributed by atoms with Crippen LogP contribution >= 0.6 is 34.5 Å². The quantitative estimate of drug-likeness (QED) is 0.398. The standard InChI is InChI=1S/C20H12Cl2FN3OS/c21-13-8-12(9-14(22)10-13)19(27)26(11-15-4-1-2-7-24-15)20-25-18-16(23)5-3-6-17(18)28-20/h1-10H,11H2. The second kappa shape index (κ2) is 7.83. The molecule has 4 aromatic rings. The molecule has 0 fully saturated rings. The van der Waals surface area contributed by atoms with Crippen molar-refractivity contribution in [1.82, 2.24) is 9.97 Å². The molecule has 2 heterocycles. The smallest absolute Gasteiger partial charge is 0.260 e. The van der Waals surface area contributed by atoms with Crippen LogP contribution in [-0.4, -0.2) is 15.9 Å². The van der Waals surface area contributed by atoms with E-state index in [4.69, 9.17) is 23.2 Å². The van der Waals surface area contributed by atoms with E-state index < -0.39 is 5.82 Å². The van der Waals surface area contributed by atoms with Crippen LogP contribution in [0.3, 0.4) is 0 Å². The number of halogens is 3. The van der Waals surface area contributed by atoms with E-state index in [1.807, 2.05) is 6.07 Å². The van der Waals surface area contributed by atoms with Crippen LogP contribution in [-0.2, 0) is 6.54 Å². The first-order valence-electron chi connectivity index (χ1n) is 8.24. The molecule has 0 unspecified atom stereocenters. The van der Waals surface area contributed by atoms with Crippen molar-refractivity contribution in [3.63, 3.8) is 0 Å². The number of hydrogen-bond acceptors (Lipinski definition) is 4. The van der Waals surface area contributed by atoms with E-state index in [1.165, 1.54) is 34.4 Å². The molecular formula is C20H12Cl2FN3OS. The van der Waals surface area contributed by atoms with Gasteiger partial charge in [-0.05, 0) is 42.5 Å². The molecule has 0 saturated heterocycles. The van der Waals surface area contributed by atoms with Gasteiger partial charge in [-0.15, -0.1) is 0 Å². The third-order valence-corrected chi connectivity index (χ3v) is 5.47. The summed E-state index contributed by atoms with van der Waals surface area (Å²) in [7, 11) is 0. The molecule has 0 bridgehead atoms. The summed E-state index contributed by atoms with van der Waals surface area (Å²) in [6.45, 7) is 0.172. The third-order valence-electron chi connectivity index (χ3n) is 3.99. The van der Waals surface area contributed by atoms with E-state index in [9.17, 15) is 9.18 Å². The molecule has 0 atom stereocenters. The van der Waals surface area contributed by atoms with Gasteiger partial charge in [-0.2, -0.15) is 0 Å². The highest BCUT2D eigenvalue weighted by molar-refractivity contribution is 7.22. The van der Waals surface area contributed by atoms with E-state index >= 15 is 0 Å². The highest BCUT2D eigenvalue weighted by Crippen LogP contribution is 2.32. The SMILES string of the molecule is O=C(c1cc(Cl)cc(Cl)c1)N(Cc1ccccn1)c1nc2c(F)cccc2s1. The van der Waals surface area contributed by atoms with Crippen LogP contribution in [0, 0.1) is 5.82 Å². The van der Waals surface area contributed by atoms with Crippen LogP contribution in [0.25, 0.3) is 10.2 Å². The minimum atomic E-state index is -0.434. The van der Waals surface area contributed by atoms with Gasteiger partial charge in [0.15, 0.2) is 5.13 Å². The number of anilines is 1. The number of amides is 1. The summed E-state index contributed by atoms with van der Waals surface area (Å²) in [5.74, 6) is -0.787. The molecule has 140 valence electrons. The number of pyridine rings is 1. The predicted octanol–water partition coefficient (Wildman–Crippen LogP) is 5.98. The number of nitrogens with zero attached hydrogens (tertiary/aromatic N) is 3. The van der Waals surface area contributed by atoms with Gasteiger partial charge in [0.2, 0.25) is 0 Å². The van der Waals surface area contributed by atoms with Crippen molar-refractivity contribution in [2.75, 3.05) is 4.90 Å². The Balaban J connectivity index is 1.80. The molecule has 0 aliphatic heterocycles. The summed E-state index contributed by atoms with van der Waals surface area (Å²) < 4.78 is 14.8. The van der Waals surface area contributed by atoms with Crippen molar-refractivity contribution in [3.8, 4) is 0 Å². The fourth-order valence-corrected chi connectivity index (χ4v) is 4.24. The van der Waals surface area contributed by atoms with Crippen LogP contribution in [0.4, 0.5) is 9.52 Å². The van der Waals surface area contributed by atoms with Crippen molar-refractivity contribution in [2.45, 2.75) is 6.54 Å². The molecule has 4 rings (SSSR count). The van der Waals surface area contributed by atoms with Gasteiger partial charge in [-0.1, -0.05) is 46.7 Å². The maximum absolute atomic E-state index is 14.1. The van der Waals surface area contributed by atoms with Gasteiger partial charge in [-0.3, -0.25) is 14.7 Å². The molecule has 8 heteroatoms. The van der Waals surface area contributed by atoms with Gasteiger partial charge in [0.1, 0.15) is 11.3 Å². The molecule has 4 nitrogen and oxygen atoms in total. The van der Waals surface area contributed by atoms with Crippen molar-refractivity contribution < 1.29 is 9.18 Å².